The third-order valence-corrected chi connectivity index (χ3v) is 4.32. The lowest BCUT2D eigenvalue weighted by molar-refractivity contribution is 0.0324. The zero-order valence-electron chi connectivity index (χ0n) is 10.2. The van der Waals surface area contributed by atoms with E-state index in [4.69, 9.17) is 0 Å². The summed E-state index contributed by atoms with van der Waals surface area (Å²) in [7, 11) is -0.880. The van der Waals surface area contributed by atoms with E-state index >= 15 is 0 Å². The van der Waals surface area contributed by atoms with Gasteiger partial charge in [0.15, 0.2) is 0 Å². The molecule has 1 saturated carbocycles. The van der Waals surface area contributed by atoms with E-state index in [0.717, 1.165) is 32.2 Å². The van der Waals surface area contributed by atoms with E-state index < -0.39 is 9.84 Å². The van der Waals surface area contributed by atoms with Crippen LogP contribution in [-0.2, 0) is 9.84 Å². The van der Waals surface area contributed by atoms with Crippen LogP contribution in [-0.4, -0.2) is 56.2 Å². The summed E-state index contributed by atoms with van der Waals surface area (Å²) >= 11 is 0. The van der Waals surface area contributed by atoms with E-state index in [9.17, 15) is 13.5 Å². The van der Waals surface area contributed by atoms with Gasteiger partial charge in [-0.25, -0.2) is 8.42 Å². The molecule has 1 rings (SSSR count). The summed E-state index contributed by atoms with van der Waals surface area (Å²) in [5.41, 5.74) is 0. The van der Waals surface area contributed by atoms with Gasteiger partial charge in [-0.1, -0.05) is 12.8 Å². The minimum absolute atomic E-state index is 0.216. The summed E-state index contributed by atoms with van der Waals surface area (Å²) in [4.78, 5) is 2.11. The Hall–Kier alpha value is -0.130. The molecule has 0 aromatic heterocycles. The molecule has 0 heterocycles. The van der Waals surface area contributed by atoms with Gasteiger partial charge < -0.3 is 10.0 Å². The number of nitrogens with zero attached hydrogens (tertiary/aromatic N) is 1. The second-order valence-corrected chi connectivity index (χ2v) is 7.14. The lowest BCUT2D eigenvalue weighted by atomic mass is 9.91. The molecule has 0 bridgehead atoms. The van der Waals surface area contributed by atoms with Crippen molar-refractivity contribution in [3.05, 3.63) is 0 Å². The van der Waals surface area contributed by atoms with Gasteiger partial charge in [-0.05, 0) is 32.9 Å². The van der Waals surface area contributed by atoms with Gasteiger partial charge in [0.1, 0.15) is 9.84 Å². The Balaban J connectivity index is 2.31. The molecule has 0 aromatic carbocycles. The zero-order valence-corrected chi connectivity index (χ0v) is 11.0. The second kappa shape index (κ2) is 5.98. The maximum atomic E-state index is 11.0. The summed E-state index contributed by atoms with van der Waals surface area (Å²) in [5.74, 6) is 0.236. The predicted molar refractivity (Wildman–Crippen MR) is 65.2 cm³/mol. The molecule has 1 aliphatic carbocycles. The summed E-state index contributed by atoms with van der Waals surface area (Å²) in [5, 5.41) is 9.84. The van der Waals surface area contributed by atoms with Crippen LogP contribution in [0, 0.1) is 0 Å². The molecule has 0 aromatic rings. The van der Waals surface area contributed by atoms with Gasteiger partial charge >= 0.3 is 0 Å². The minimum atomic E-state index is -2.85. The molecule has 0 spiro atoms. The van der Waals surface area contributed by atoms with Crippen molar-refractivity contribution in [3.8, 4) is 0 Å². The molecule has 5 heteroatoms. The van der Waals surface area contributed by atoms with E-state index in [0.29, 0.717) is 6.42 Å². The highest BCUT2D eigenvalue weighted by Gasteiger charge is 2.26. The number of aliphatic hydroxyl groups excluding tert-OH is 1. The molecule has 1 fully saturated rings. The van der Waals surface area contributed by atoms with Crippen molar-refractivity contribution in [2.45, 2.75) is 44.2 Å². The Kier molecular flexibility index (Phi) is 5.21. The molecule has 2 unspecified atom stereocenters. The smallest absolute Gasteiger partial charge is 0.147 e. The second-order valence-electron chi connectivity index (χ2n) is 4.88. The quantitative estimate of drug-likeness (QED) is 0.777. The first kappa shape index (κ1) is 13.9. The van der Waals surface area contributed by atoms with Crippen LogP contribution in [0.4, 0.5) is 0 Å². The van der Waals surface area contributed by atoms with E-state index in [1.165, 1.54) is 6.26 Å². The van der Waals surface area contributed by atoms with Crippen molar-refractivity contribution in [2.75, 3.05) is 25.6 Å². The van der Waals surface area contributed by atoms with Gasteiger partial charge in [0.05, 0.1) is 11.9 Å². The number of sulfone groups is 1. The van der Waals surface area contributed by atoms with E-state index in [1.807, 2.05) is 7.05 Å². The average Bonchev–Trinajstić information content (AvgIpc) is 2.16. The third kappa shape index (κ3) is 4.80. The largest absolute Gasteiger partial charge is 0.391 e. The lowest BCUT2D eigenvalue weighted by Crippen LogP contribution is -2.43. The third-order valence-electron chi connectivity index (χ3n) is 3.29. The van der Waals surface area contributed by atoms with Gasteiger partial charge in [-0.3, -0.25) is 0 Å². The first-order chi connectivity index (χ1) is 7.40. The van der Waals surface area contributed by atoms with Crippen LogP contribution in [0.1, 0.15) is 32.1 Å². The molecule has 16 heavy (non-hydrogen) atoms. The Morgan fingerprint density at radius 1 is 1.31 bits per heavy atom. The first-order valence-corrected chi connectivity index (χ1v) is 8.02. The van der Waals surface area contributed by atoms with Crippen LogP contribution < -0.4 is 0 Å². The Labute approximate surface area is 98.6 Å². The Morgan fingerprint density at radius 2 is 1.94 bits per heavy atom. The van der Waals surface area contributed by atoms with E-state index in [1.54, 1.807) is 0 Å². The van der Waals surface area contributed by atoms with E-state index in [-0.39, 0.29) is 17.9 Å². The molecule has 4 nitrogen and oxygen atoms in total. The van der Waals surface area contributed by atoms with Gasteiger partial charge in [-0.2, -0.15) is 0 Å². The molecule has 96 valence electrons. The average molecular weight is 249 g/mol. The minimum Gasteiger partial charge on any atom is -0.391 e. The summed E-state index contributed by atoms with van der Waals surface area (Å²) in [6.07, 6.45) is 5.85. The van der Waals surface area contributed by atoms with Crippen molar-refractivity contribution in [1.29, 1.82) is 0 Å². The number of rotatable bonds is 5. The monoisotopic (exact) mass is 249 g/mol. The van der Waals surface area contributed by atoms with Gasteiger partial charge in [0.25, 0.3) is 0 Å². The molecular weight excluding hydrogens is 226 g/mol. The number of hydrogen-bond donors (Lipinski definition) is 1. The van der Waals surface area contributed by atoms with E-state index in [2.05, 4.69) is 4.90 Å². The lowest BCUT2D eigenvalue weighted by Gasteiger charge is -2.35. The number of hydrogen-bond acceptors (Lipinski definition) is 4. The molecular formula is C11H23NO3S. The molecule has 2 atom stereocenters. The van der Waals surface area contributed by atoms with Gasteiger partial charge in [0, 0.05) is 12.3 Å². The SMILES string of the molecule is CN(CCCS(C)(=O)=O)C1CCCCC1O. The molecule has 1 aliphatic rings. The topological polar surface area (TPSA) is 57.6 Å². The maximum Gasteiger partial charge on any atom is 0.147 e. The highest BCUT2D eigenvalue weighted by atomic mass is 32.2. The number of likely N-dealkylation sites (N-methyl/N-ethyl adjacent to an activating group) is 1. The van der Waals surface area contributed by atoms with Crippen LogP contribution in [0.3, 0.4) is 0 Å². The Morgan fingerprint density at radius 3 is 2.50 bits per heavy atom. The molecule has 0 saturated heterocycles. The zero-order chi connectivity index (χ0) is 12.2. The molecule has 0 amide bonds. The molecule has 0 radical (unpaired) electrons. The normalized spacial score (nSPS) is 27.2. The fourth-order valence-corrected chi connectivity index (χ4v) is 3.00. The fraction of sp³-hybridized carbons (Fsp3) is 1.00. The highest BCUT2D eigenvalue weighted by molar-refractivity contribution is 7.90. The first-order valence-electron chi connectivity index (χ1n) is 5.96. The van der Waals surface area contributed by atoms with Crippen molar-refractivity contribution in [3.63, 3.8) is 0 Å². The summed E-state index contributed by atoms with van der Waals surface area (Å²) < 4.78 is 22.0. The van der Waals surface area contributed by atoms with Crippen LogP contribution >= 0.6 is 0 Å². The van der Waals surface area contributed by atoms with Crippen LogP contribution in [0.5, 0.6) is 0 Å². The van der Waals surface area contributed by atoms with Gasteiger partial charge in [-0.15, -0.1) is 0 Å². The summed E-state index contributed by atoms with van der Waals surface area (Å²) in [6, 6.07) is 0.216. The van der Waals surface area contributed by atoms with Crippen LogP contribution in [0.15, 0.2) is 0 Å². The standard InChI is InChI=1S/C11H23NO3S/c1-12(8-5-9-16(2,14)15)10-6-3-4-7-11(10)13/h10-11,13H,3-9H2,1-2H3. The highest BCUT2D eigenvalue weighted by Crippen LogP contribution is 2.22. The molecule has 0 aliphatic heterocycles. The van der Waals surface area contributed by atoms with Crippen molar-refractivity contribution >= 4 is 9.84 Å². The molecule has 1 N–H and O–H groups in total. The van der Waals surface area contributed by atoms with Crippen molar-refractivity contribution in [1.82, 2.24) is 4.90 Å². The maximum absolute atomic E-state index is 11.0. The predicted octanol–water partition coefficient (Wildman–Crippen LogP) is 0.656. The van der Waals surface area contributed by atoms with Crippen LogP contribution in [0.2, 0.25) is 0 Å². The van der Waals surface area contributed by atoms with Crippen molar-refractivity contribution in [2.24, 2.45) is 0 Å². The van der Waals surface area contributed by atoms with Gasteiger partial charge in [0.2, 0.25) is 0 Å². The Bertz CT molecular complexity index is 302. The summed E-state index contributed by atoms with van der Waals surface area (Å²) in [6.45, 7) is 0.745. The van der Waals surface area contributed by atoms with Crippen molar-refractivity contribution < 1.29 is 13.5 Å². The number of aliphatic hydroxyl groups is 1. The van der Waals surface area contributed by atoms with Crippen LogP contribution in [0.25, 0.3) is 0 Å². The fourth-order valence-electron chi connectivity index (χ4n) is 2.35.